The molecule has 41 heavy (non-hydrogen) atoms. The van der Waals surface area contributed by atoms with Crippen LogP contribution in [0.3, 0.4) is 0 Å². The number of likely N-dealkylation sites (tertiary alicyclic amines) is 1. The molecule has 4 heterocycles. The van der Waals surface area contributed by atoms with E-state index >= 15 is 0 Å². The topological polar surface area (TPSA) is 84.6 Å². The summed E-state index contributed by atoms with van der Waals surface area (Å²) in [7, 11) is 0. The highest BCUT2D eigenvalue weighted by Gasteiger charge is 2.17. The van der Waals surface area contributed by atoms with Crippen LogP contribution in [0.15, 0.2) is 90.2 Å². The number of nitrogens with zero attached hydrogens (tertiary/aromatic N) is 6. The molecule has 0 spiro atoms. The van der Waals surface area contributed by atoms with Gasteiger partial charge >= 0.3 is 0 Å². The van der Waals surface area contributed by atoms with E-state index in [1.165, 1.54) is 32.4 Å². The molecule has 0 bridgehead atoms. The normalized spacial score (nSPS) is 14.2. The molecule has 6 aromatic rings. The van der Waals surface area contributed by atoms with Gasteiger partial charge in [-0.3, -0.25) is 4.79 Å². The third kappa shape index (κ3) is 5.30. The van der Waals surface area contributed by atoms with Crippen molar-refractivity contribution in [1.82, 2.24) is 34.0 Å². The Hall–Kier alpha value is -4.56. The standard InChI is InChI=1S/C33H33N7O/c41-33-30(20-24-8-3-1-4-9-24)35-28-22-31-29(21-27(28)37-33)36-32(40(31)18-7-17-38-15-5-2-6-16-38)25-10-12-26(13-11-25)39-19-14-34-23-39/h1,3-4,8-14,19,21-23H,2,5-7,15-18,20H2,(H,37,41). The number of nitrogens with one attached hydrogen (secondary N) is 1. The van der Waals surface area contributed by atoms with Crippen molar-refractivity contribution in [3.05, 3.63) is 107 Å². The lowest BCUT2D eigenvalue weighted by atomic mass is 10.1. The molecule has 8 heteroatoms. The zero-order valence-corrected chi connectivity index (χ0v) is 23.0. The first-order valence-corrected chi connectivity index (χ1v) is 14.5. The first-order chi connectivity index (χ1) is 20.2. The Balaban J connectivity index is 1.28. The maximum absolute atomic E-state index is 12.9. The second-order valence-corrected chi connectivity index (χ2v) is 10.9. The molecule has 1 saturated heterocycles. The quantitative estimate of drug-likeness (QED) is 0.270. The molecule has 206 valence electrons. The SMILES string of the molecule is O=c1[nH]c2cc3nc(-c4ccc(-n5ccnc5)cc4)n(CCCN4CCCCC4)c3cc2nc1Cc1ccccc1. The summed E-state index contributed by atoms with van der Waals surface area (Å²) in [6.45, 7) is 4.33. The van der Waals surface area contributed by atoms with E-state index in [1.54, 1.807) is 12.5 Å². The van der Waals surface area contributed by atoms with Crippen LogP contribution in [0.4, 0.5) is 0 Å². The summed E-state index contributed by atoms with van der Waals surface area (Å²) in [6.07, 6.45) is 11.0. The average molecular weight is 544 g/mol. The van der Waals surface area contributed by atoms with Crippen LogP contribution < -0.4 is 5.56 Å². The molecule has 3 aromatic carbocycles. The van der Waals surface area contributed by atoms with E-state index in [0.717, 1.165) is 58.7 Å². The molecule has 0 aliphatic carbocycles. The predicted molar refractivity (Wildman–Crippen MR) is 162 cm³/mol. The van der Waals surface area contributed by atoms with Crippen molar-refractivity contribution in [3.8, 4) is 17.1 Å². The fraction of sp³-hybridized carbons (Fsp3) is 0.273. The van der Waals surface area contributed by atoms with Gasteiger partial charge in [0.1, 0.15) is 11.5 Å². The Labute approximate surface area is 238 Å². The maximum Gasteiger partial charge on any atom is 0.270 e. The minimum atomic E-state index is -0.156. The van der Waals surface area contributed by atoms with Crippen LogP contribution in [0.25, 0.3) is 39.1 Å². The predicted octanol–water partition coefficient (Wildman–Crippen LogP) is 5.59. The Bertz CT molecular complexity index is 1830. The van der Waals surface area contributed by atoms with Gasteiger partial charge < -0.3 is 19.0 Å². The number of aromatic amines is 1. The molecule has 0 unspecified atom stereocenters. The van der Waals surface area contributed by atoms with E-state index in [9.17, 15) is 4.79 Å². The minimum Gasteiger partial charge on any atom is -0.324 e. The van der Waals surface area contributed by atoms with Crippen LogP contribution in [-0.4, -0.2) is 53.6 Å². The van der Waals surface area contributed by atoms with E-state index in [1.807, 2.05) is 47.2 Å². The summed E-state index contributed by atoms with van der Waals surface area (Å²) in [5.74, 6) is 0.929. The van der Waals surface area contributed by atoms with Crippen LogP contribution in [0.1, 0.15) is 36.9 Å². The summed E-state index contributed by atoms with van der Waals surface area (Å²) >= 11 is 0. The van der Waals surface area contributed by atoms with Crippen molar-refractivity contribution in [2.45, 2.75) is 38.6 Å². The molecule has 0 saturated carbocycles. The first kappa shape index (κ1) is 25.4. The molecule has 0 atom stereocenters. The number of piperidine rings is 1. The Morgan fingerprint density at radius 1 is 0.854 bits per heavy atom. The van der Waals surface area contributed by atoms with Gasteiger partial charge in [-0.25, -0.2) is 15.0 Å². The van der Waals surface area contributed by atoms with Gasteiger partial charge in [-0.15, -0.1) is 0 Å². The van der Waals surface area contributed by atoms with Crippen LogP contribution >= 0.6 is 0 Å². The van der Waals surface area contributed by atoms with Crippen molar-refractivity contribution in [3.63, 3.8) is 0 Å². The second-order valence-electron chi connectivity index (χ2n) is 10.9. The van der Waals surface area contributed by atoms with E-state index in [2.05, 4.69) is 49.8 Å². The number of rotatable bonds is 8. The van der Waals surface area contributed by atoms with Gasteiger partial charge in [-0.2, -0.15) is 0 Å². The smallest absolute Gasteiger partial charge is 0.270 e. The molecular formula is C33H33N7O. The average Bonchev–Trinajstić information content (AvgIpc) is 3.67. The van der Waals surface area contributed by atoms with Crippen LogP contribution in [0.5, 0.6) is 0 Å². The number of fused-ring (bicyclic) bond motifs is 2. The van der Waals surface area contributed by atoms with Gasteiger partial charge in [0.15, 0.2) is 0 Å². The highest BCUT2D eigenvalue weighted by Crippen LogP contribution is 2.29. The number of imidazole rings is 2. The molecule has 1 N–H and O–H groups in total. The van der Waals surface area contributed by atoms with Crippen molar-refractivity contribution in [1.29, 1.82) is 0 Å². The lowest BCUT2D eigenvalue weighted by Crippen LogP contribution is -2.31. The molecule has 1 fully saturated rings. The largest absolute Gasteiger partial charge is 0.324 e. The number of benzene rings is 3. The maximum atomic E-state index is 12.9. The number of aryl methyl sites for hydroxylation is 1. The second kappa shape index (κ2) is 11.1. The lowest BCUT2D eigenvalue weighted by molar-refractivity contribution is 0.223. The van der Waals surface area contributed by atoms with Gasteiger partial charge in [-0.1, -0.05) is 36.8 Å². The summed E-state index contributed by atoms with van der Waals surface area (Å²) in [6, 6.07) is 22.5. The van der Waals surface area contributed by atoms with E-state index in [-0.39, 0.29) is 5.56 Å². The number of hydrogen-bond donors (Lipinski definition) is 1. The fourth-order valence-corrected chi connectivity index (χ4v) is 5.93. The highest BCUT2D eigenvalue weighted by atomic mass is 16.1. The van der Waals surface area contributed by atoms with Crippen LogP contribution in [-0.2, 0) is 13.0 Å². The Morgan fingerprint density at radius 3 is 2.46 bits per heavy atom. The van der Waals surface area contributed by atoms with Gasteiger partial charge in [-0.05, 0) is 80.9 Å². The van der Waals surface area contributed by atoms with Crippen molar-refractivity contribution in [2.24, 2.45) is 0 Å². The third-order valence-corrected chi connectivity index (χ3v) is 8.08. The monoisotopic (exact) mass is 543 g/mol. The van der Waals surface area contributed by atoms with E-state index in [4.69, 9.17) is 9.97 Å². The van der Waals surface area contributed by atoms with Gasteiger partial charge in [0.25, 0.3) is 5.56 Å². The molecule has 8 nitrogen and oxygen atoms in total. The first-order valence-electron chi connectivity index (χ1n) is 14.5. The summed E-state index contributed by atoms with van der Waals surface area (Å²) < 4.78 is 4.32. The van der Waals surface area contributed by atoms with Crippen LogP contribution in [0, 0.1) is 0 Å². The molecular weight excluding hydrogens is 510 g/mol. The molecule has 1 aliphatic rings. The zero-order chi connectivity index (χ0) is 27.6. The van der Waals surface area contributed by atoms with Gasteiger partial charge in [0, 0.05) is 36.6 Å². The van der Waals surface area contributed by atoms with Crippen molar-refractivity contribution in [2.75, 3.05) is 19.6 Å². The molecule has 7 rings (SSSR count). The fourth-order valence-electron chi connectivity index (χ4n) is 5.93. The van der Waals surface area contributed by atoms with Crippen LogP contribution in [0.2, 0.25) is 0 Å². The molecule has 1 aliphatic heterocycles. The number of H-pyrrole nitrogens is 1. The molecule has 3 aromatic heterocycles. The highest BCUT2D eigenvalue weighted by molar-refractivity contribution is 5.93. The Morgan fingerprint density at radius 2 is 1.68 bits per heavy atom. The van der Waals surface area contributed by atoms with Gasteiger partial charge in [0.2, 0.25) is 0 Å². The number of hydrogen-bond acceptors (Lipinski definition) is 5. The van der Waals surface area contributed by atoms with E-state index in [0.29, 0.717) is 17.6 Å². The van der Waals surface area contributed by atoms with E-state index < -0.39 is 0 Å². The number of aromatic nitrogens is 6. The van der Waals surface area contributed by atoms with Crippen molar-refractivity contribution < 1.29 is 0 Å². The Kier molecular flexibility index (Phi) is 6.90. The van der Waals surface area contributed by atoms with Crippen molar-refractivity contribution >= 4 is 22.1 Å². The lowest BCUT2D eigenvalue weighted by Gasteiger charge is -2.26. The minimum absolute atomic E-state index is 0.156. The van der Waals surface area contributed by atoms with Gasteiger partial charge in [0.05, 0.1) is 28.4 Å². The summed E-state index contributed by atoms with van der Waals surface area (Å²) in [5, 5.41) is 0. The summed E-state index contributed by atoms with van der Waals surface area (Å²) in [5.41, 5.74) is 6.92. The summed E-state index contributed by atoms with van der Waals surface area (Å²) in [4.78, 5) is 32.7. The third-order valence-electron chi connectivity index (χ3n) is 8.08. The molecule has 0 radical (unpaired) electrons. The zero-order valence-electron chi connectivity index (χ0n) is 23.0. The molecule has 0 amide bonds.